The molecule has 42 heavy (non-hydrogen) atoms. The monoisotopic (exact) mass is 633 g/mol. The molecule has 2 bridgehead atoms. The number of anilines is 1. The summed E-state index contributed by atoms with van der Waals surface area (Å²) in [5.41, 5.74) is -1.91. The quantitative estimate of drug-likeness (QED) is 0.514. The van der Waals surface area contributed by atoms with Crippen LogP contribution in [0.1, 0.15) is 52.5 Å². The average molecular weight is 633 g/mol. The van der Waals surface area contributed by atoms with Gasteiger partial charge < -0.3 is 0 Å². The predicted octanol–water partition coefficient (Wildman–Crippen LogP) is 3.39. The summed E-state index contributed by atoms with van der Waals surface area (Å²) in [6.45, 7) is 8.77. The molecule has 2 aromatic rings. The van der Waals surface area contributed by atoms with Crippen molar-refractivity contribution in [3.8, 4) is 11.5 Å². The molecule has 1 saturated carbocycles. The van der Waals surface area contributed by atoms with Crippen molar-refractivity contribution in [2.75, 3.05) is 18.9 Å². The molecule has 5 atom stereocenters. The van der Waals surface area contributed by atoms with E-state index in [0.717, 1.165) is 5.56 Å². The number of rotatable bonds is 2. The molecule has 4 saturated heterocycles. The molecule has 2 aromatic carbocycles. The first-order valence-electron chi connectivity index (χ1n) is 14.7. The molecule has 8 nitrogen and oxygen atoms in total. The summed E-state index contributed by atoms with van der Waals surface area (Å²) in [5, 5.41) is 3.19. The second kappa shape index (κ2) is 8.00. The van der Waals surface area contributed by atoms with Crippen LogP contribution in [0, 0.1) is 11.3 Å². The molecule has 218 valence electrons. The molecule has 1 N–H and O–H groups in total. The third-order valence-corrected chi connectivity index (χ3v) is 13.9. The number of carbonyl (C=O) groups is 3. The number of carbonyl (C=O) groups excluding carboxylic acids is 3. The molecular formula is C33H35N3O5Se. The van der Waals surface area contributed by atoms with Crippen molar-refractivity contribution in [3.05, 3.63) is 60.4 Å². The summed E-state index contributed by atoms with van der Waals surface area (Å²) >= 11 is -0.0575. The van der Waals surface area contributed by atoms with E-state index in [4.69, 9.17) is 9.47 Å². The molecule has 1 unspecified atom stereocenters. The zero-order valence-electron chi connectivity index (χ0n) is 24.5. The molecular weight excluding hydrogens is 597 g/mol. The van der Waals surface area contributed by atoms with Gasteiger partial charge in [-0.3, -0.25) is 0 Å². The Morgan fingerprint density at radius 2 is 1.76 bits per heavy atom. The molecule has 3 spiro atoms. The molecule has 7 aliphatic rings. The van der Waals surface area contributed by atoms with Gasteiger partial charge in [-0.05, 0) is 19.9 Å². The number of nitrogens with one attached hydrogen (secondary N) is 1. The van der Waals surface area contributed by atoms with Crippen LogP contribution in [0.3, 0.4) is 0 Å². The summed E-state index contributed by atoms with van der Waals surface area (Å²) in [4.78, 5) is 46.3. The third kappa shape index (κ3) is 2.96. The number of nitrogens with zero attached hydrogens (tertiary/aromatic N) is 2. The van der Waals surface area contributed by atoms with Gasteiger partial charge in [-0.15, -0.1) is 0 Å². The average Bonchev–Trinajstić information content (AvgIpc) is 3.41. The topological polar surface area (TPSA) is 88.2 Å². The molecule has 0 aromatic heterocycles. The SMILES string of the molecule is CN1C(=O)[C@@]23CC([Se]c4ccccc4)C(=O)N2C[C@@]12C[C@@]1(C(=O)Nc4c1ccc1c4OC=CC(C)(C)O1)C(C)(C)[C@@H]2C3. The Kier molecular flexibility index (Phi) is 5.02. The Bertz CT molecular complexity index is 1620. The van der Waals surface area contributed by atoms with Crippen LogP contribution in [0.15, 0.2) is 54.8 Å². The fourth-order valence-electron chi connectivity index (χ4n) is 9.31. The van der Waals surface area contributed by atoms with E-state index in [-0.39, 0.29) is 43.4 Å². The molecule has 1 aliphatic carbocycles. The molecule has 9 rings (SSSR count). The van der Waals surface area contributed by atoms with Crippen LogP contribution < -0.4 is 19.3 Å². The summed E-state index contributed by atoms with van der Waals surface area (Å²) in [6.07, 6.45) is 5.07. The zero-order valence-corrected chi connectivity index (χ0v) is 26.2. The molecule has 3 amide bonds. The van der Waals surface area contributed by atoms with Gasteiger partial charge in [0.1, 0.15) is 5.60 Å². The van der Waals surface area contributed by atoms with Gasteiger partial charge in [0.25, 0.3) is 0 Å². The Morgan fingerprint density at radius 3 is 2.52 bits per heavy atom. The molecule has 9 heteroatoms. The number of hydrogen-bond donors (Lipinski definition) is 1. The van der Waals surface area contributed by atoms with Crippen molar-refractivity contribution in [1.29, 1.82) is 0 Å². The van der Waals surface area contributed by atoms with Crippen molar-refractivity contribution >= 4 is 42.8 Å². The number of likely N-dealkylation sites (N-methyl/N-ethyl adjacent to an activating group) is 1. The van der Waals surface area contributed by atoms with Gasteiger partial charge in [0.15, 0.2) is 0 Å². The van der Waals surface area contributed by atoms with Gasteiger partial charge >= 0.3 is 227 Å². The first kappa shape index (κ1) is 26.3. The number of ether oxygens (including phenoxy) is 2. The standard InChI is InChI=1S/C33H35N3O5Se/c1-29(2)13-14-40-25-21(41-29)12-11-20-24(25)34-27(38)33(20)17-32-18-36-26(37)22(42-19-9-7-6-8-10-19)15-31(36,28(39)35(32)5)16-23(32)30(33,3)4/h6-14,22-23H,15-18H2,1-5H3,(H,34,38)/t22?,23-,31-,32+,33+/m0/s1. The van der Waals surface area contributed by atoms with Crippen LogP contribution in [0.2, 0.25) is 4.82 Å². The summed E-state index contributed by atoms with van der Waals surface area (Å²) in [6, 6.07) is 14.1. The predicted molar refractivity (Wildman–Crippen MR) is 158 cm³/mol. The van der Waals surface area contributed by atoms with Crippen LogP contribution in [-0.4, -0.2) is 72.7 Å². The Labute approximate surface area is 251 Å². The van der Waals surface area contributed by atoms with Crippen molar-refractivity contribution in [3.63, 3.8) is 0 Å². The fraction of sp³-hybridized carbons (Fsp3) is 0.485. The van der Waals surface area contributed by atoms with Gasteiger partial charge in [0, 0.05) is 0 Å². The van der Waals surface area contributed by atoms with Crippen molar-refractivity contribution in [1.82, 2.24) is 9.80 Å². The fourth-order valence-corrected chi connectivity index (χ4v) is 11.9. The number of piperidine rings is 2. The first-order valence-corrected chi connectivity index (χ1v) is 16.5. The Hall–Kier alpha value is -3.29. The van der Waals surface area contributed by atoms with E-state index < -0.39 is 27.5 Å². The van der Waals surface area contributed by atoms with E-state index in [2.05, 4.69) is 31.3 Å². The van der Waals surface area contributed by atoms with Crippen LogP contribution >= 0.6 is 0 Å². The van der Waals surface area contributed by atoms with Crippen molar-refractivity contribution < 1.29 is 23.9 Å². The van der Waals surface area contributed by atoms with Crippen LogP contribution in [0.4, 0.5) is 5.69 Å². The maximum absolute atomic E-state index is 14.3. The molecule has 0 radical (unpaired) electrons. The normalized spacial score (nSPS) is 36.2. The van der Waals surface area contributed by atoms with Gasteiger partial charge in [0.05, 0.1) is 0 Å². The van der Waals surface area contributed by atoms with Crippen LogP contribution in [0.25, 0.3) is 0 Å². The van der Waals surface area contributed by atoms with E-state index in [0.29, 0.717) is 43.0 Å². The van der Waals surface area contributed by atoms with Crippen molar-refractivity contribution in [2.24, 2.45) is 11.3 Å². The van der Waals surface area contributed by atoms with Gasteiger partial charge in [-0.2, -0.15) is 0 Å². The summed E-state index contributed by atoms with van der Waals surface area (Å²) in [5.74, 6) is 1.18. The van der Waals surface area contributed by atoms with Crippen LogP contribution in [0.5, 0.6) is 11.5 Å². The number of hydrogen-bond acceptors (Lipinski definition) is 5. The second-order valence-electron chi connectivity index (χ2n) is 14.0. The maximum atomic E-state index is 14.3. The van der Waals surface area contributed by atoms with E-state index in [9.17, 15) is 14.4 Å². The summed E-state index contributed by atoms with van der Waals surface area (Å²) in [7, 11) is 1.90. The Balaban J connectivity index is 1.22. The van der Waals surface area contributed by atoms with E-state index in [1.165, 1.54) is 4.46 Å². The minimum absolute atomic E-state index is 0.0298. The van der Waals surface area contributed by atoms with E-state index in [1.807, 2.05) is 67.1 Å². The zero-order chi connectivity index (χ0) is 29.4. The van der Waals surface area contributed by atoms with E-state index in [1.54, 1.807) is 6.26 Å². The molecule has 6 heterocycles. The number of amides is 3. The summed E-state index contributed by atoms with van der Waals surface area (Å²) < 4.78 is 13.5. The van der Waals surface area contributed by atoms with Gasteiger partial charge in [-0.1, -0.05) is 0 Å². The second-order valence-corrected chi connectivity index (χ2v) is 16.7. The van der Waals surface area contributed by atoms with E-state index >= 15 is 0 Å². The third-order valence-electron chi connectivity index (χ3n) is 11.4. The number of piperazine rings is 1. The minimum atomic E-state index is -0.896. The Morgan fingerprint density at radius 1 is 1.00 bits per heavy atom. The number of benzene rings is 2. The molecule has 6 aliphatic heterocycles. The first-order chi connectivity index (χ1) is 19.9. The number of fused-ring (bicyclic) bond motifs is 5. The van der Waals surface area contributed by atoms with Gasteiger partial charge in [0.2, 0.25) is 0 Å². The van der Waals surface area contributed by atoms with Crippen LogP contribution in [-0.2, 0) is 19.8 Å². The molecule has 5 fully saturated rings. The van der Waals surface area contributed by atoms with Gasteiger partial charge in [-0.25, -0.2) is 0 Å². The van der Waals surface area contributed by atoms with Crippen molar-refractivity contribution in [2.45, 2.75) is 73.9 Å².